The van der Waals surface area contributed by atoms with Gasteiger partial charge in [-0.25, -0.2) is 8.78 Å². The Hall–Kier alpha value is -0.134. The first-order chi connectivity index (χ1) is 13.0. The maximum absolute atomic E-state index is 12.0. The topological polar surface area (TPSA) is 90.1 Å². The van der Waals surface area contributed by atoms with Crippen LogP contribution in [0.4, 0.5) is 13.6 Å². The second-order valence-corrected chi connectivity index (χ2v) is 6.17. The minimum absolute atomic E-state index is 0. The minimum atomic E-state index is -2.47. The molecular formula is C20H34F2KNO5. The molecule has 0 heterocycles. The number of carbonyl (C=O) groups excluding carboxylic acids is 1. The molecule has 1 saturated carbocycles. The van der Waals surface area contributed by atoms with Crippen LogP contribution in [0.2, 0.25) is 0 Å². The molecule has 0 aromatic rings. The fraction of sp³-hybridized carbons (Fsp3) is 0.650. The summed E-state index contributed by atoms with van der Waals surface area (Å²) in [5.74, 6) is -1.50. The molecule has 29 heavy (non-hydrogen) atoms. The van der Waals surface area contributed by atoms with Gasteiger partial charge in [-0.3, -0.25) is 4.79 Å². The van der Waals surface area contributed by atoms with Gasteiger partial charge in [0.15, 0.2) is 5.79 Å². The number of hydrogen-bond donors (Lipinski definition) is 2. The van der Waals surface area contributed by atoms with E-state index < -0.39 is 24.9 Å². The summed E-state index contributed by atoms with van der Waals surface area (Å²) >= 11 is 0. The van der Waals surface area contributed by atoms with Crippen LogP contribution in [0.15, 0.2) is 37.0 Å². The molecule has 0 radical (unpaired) electrons. The van der Waals surface area contributed by atoms with E-state index in [1.807, 2.05) is 13.8 Å². The van der Waals surface area contributed by atoms with Crippen molar-refractivity contribution in [2.45, 2.75) is 71.3 Å². The number of hydrogen-bond acceptors (Lipinski definition) is 5. The molecule has 0 aromatic heterocycles. The van der Waals surface area contributed by atoms with E-state index >= 15 is 0 Å². The Morgan fingerprint density at radius 2 is 1.83 bits per heavy atom. The van der Waals surface area contributed by atoms with Gasteiger partial charge in [0, 0.05) is 0 Å². The summed E-state index contributed by atoms with van der Waals surface area (Å²) in [4.78, 5) is 11.6. The van der Waals surface area contributed by atoms with E-state index in [-0.39, 0.29) is 70.1 Å². The number of aliphatic hydroxyl groups is 2. The van der Waals surface area contributed by atoms with Gasteiger partial charge in [0.2, 0.25) is 6.09 Å². The summed E-state index contributed by atoms with van der Waals surface area (Å²) in [5, 5.41) is 20.1. The van der Waals surface area contributed by atoms with Crippen LogP contribution in [-0.2, 0) is 9.47 Å². The first-order valence-corrected chi connectivity index (χ1v) is 9.21. The molecule has 2 atom stereocenters. The van der Waals surface area contributed by atoms with Gasteiger partial charge < -0.3 is 25.0 Å². The second kappa shape index (κ2) is 19.8. The number of allylic oxidation sites excluding steroid dienone is 2. The van der Waals surface area contributed by atoms with Crippen molar-refractivity contribution in [3.63, 3.8) is 0 Å². The number of rotatable bonds is 8. The van der Waals surface area contributed by atoms with Crippen LogP contribution >= 0.6 is 0 Å². The minimum Gasteiger partial charge on any atom is -0.615 e. The zero-order valence-electron chi connectivity index (χ0n) is 18.2. The van der Waals surface area contributed by atoms with E-state index in [0.29, 0.717) is 19.3 Å². The number of halogens is 2. The zero-order chi connectivity index (χ0) is 22.2. The molecule has 1 aliphatic carbocycles. The third kappa shape index (κ3) is 24.0. The average molecular weight is 446 g/mol. The van der Waals surface area contributed by atoms with Gasteiger partial charge in [-0.1, -0.05) is 51.7 Å². The fourth-order valence-corrected chi connectivity index (χ4v) is 2.05. The normalized spacial score (nSPS) is 18.3. The van der Waals surface area contributed by atoms with Crippen LogP contribution in [0, 0.1) is 0 Å². The van der Waals surface area contributed by atoms with E-state index in [2.05, 4.69) is 18.5 Å². The Balaban J connectivity index is -0.000000735. The van der Waals surface area contributed by atoms with Gasteiger partial charge in [-0.15, -0.1) is 6.04 Å². The van der Waals surface area contributed by atoms with E-state index in [1.54, 1.807) is 18.2 Å². The molecule has 1 fully saturated rings. The third-order valence-corrected chi connectivity index (χ3v) is 3.06. The van der Waals surface area contributed by atoms with Crippen LogP contribution in [0.1, 0.15) is 47.0 Å². The molecule has 0 aliphatic heterocycles. The molecule has 0 saturated heterocycles. The summed E-state index contributed by atoms with van der Waals surface area (Å²) in [7, 11) is 0. The Morgan fingerprint density at radius 3 is 2.28 bits per heavy atom. The molecule has 0 aromatic carbocycles. The molecule has 1 amide bonds. The van der Waals surface area contributed by atoms with Crippen LogP contribution in [0.25, 0.3) is 5.32 Å². The number of carbonyl (C=O) groups is 1. The van der Waals surface area contributed by atoms with Crippen molar-refractivity contribution < 1.29 is 84.6 Å². The van der Waals surface area contributed by atoms with Crippen molar-refractivity contribution in [1.29, 1.82) is 0 Å². The van der Waals surface area contributed by atoms with Crippen molar-refractivity contribution in [3.05, 3.63) is 42.3 Å². The Bertz CT molecular complexity index is 476. The molecular weight excluding hydrogens is 411 g/mol. The molecule has 0 bridgehead atoms. The van der Waals surface area contributed by atoms with Crippen LogP contribution in [0.5, 0.6) is 0 Å². The number of amides is 1. The molecule has 164 valence electrons. The van der Waals surface area contributed by atoms with Crippen molar-refractivity contribution in [1.82, 2.24) is 0 Å². The molecule has 9 heteroatoms. The fourth-order valence-electron chi connectivity index (χ4n) is 2.05. The van der Waals surface area contributed by atoms with Gasteiger partial charge in [-0.05, 0) is 32.3 Å². The van der Waals surface area contributed by atoms with Crippen LogP contribution in [-0.4, -0.2) is 53.9 Å². The SMILES string of the molecule is C=C/C=C(\C=C)COC(=O)[N-]C1CCC(OCC(F)F)C1.CC.CC(C)(O)O.[K+]. The van der Waals surface area contributed by atoms with Crippen molar-refractivity contribution >= 4 is 6.09 Å². The maximum Gasteiger partial charge on any atom is 1.00 e. The van der Waals surface area contributed by atoms with Crippen molar-refractivity contribution in [3.8, 4) is 0 Å². The van der Waals surface area contributed by atoms with Crippen LogP contribution < -0.4 is 51.4 Å². The summed E-state index contributed by atoms with van der Waals surface area (Å²) < 4.78 is 34.1. The summed E-state index contributed by atoms with van der Waals surface area (Å²) in [5.41, 5.74) is 0.720. The van der Waals surface area contributed by atoms with E-state index in [0.717, 1.165) is 5.57 Å². The largest absolute Gasteiger partial charge is 1.00 e. The van der Waals surface area contributed by atoms with Gasteiger partial charge in [0.1, 0.15) is 13.2 Å². The third-order valence-electron chi connectivity index (χ3n) is 3.06. The smallest absolute Gasteiger partial charge is 0.615 e. The van der Waals surface area contributed by atoms with E-state index in [1.165, 1.54) is 13.8 Å². The molecule has 1 aliphatic rings. The average Bonchev–Trinajstić information content (AvgIpc) is 3.04. The zero-order valence-corrected chi connectivity index (χ0v) is 21.4. The van der Waals surface area contributed by atoms with Crippen LogP contribution in [0.3, 0.4) is 0 Å². The van der Waals surface area contributed by atoms with Gasteiger partial charge in [-0.2, -0.15) is 0 Å². The molecule has 0 spiro atoms. The van der Waals surface area contributed by atoms with Gasteiger partial charge >= 0.3 is 51.4 Å². The molecule has 1 rings (SSSR count). The number of alkyl halides is 2. The predicted octanol–water partition coefficient (Wildman–Crippen LogP) is 1.74. The van der Waals surface area contributed by atoms with E-state index in [4.69, 9.17) is 19.7 Å². The monoisotopic (exact) mass is 445 g/mol. The first kappa shape index (κ1) is 33.5. The van der Waals surface area contributed by atoms with Gasteiger partial charge in [0.25, 0.3) is 6.43 Å². The summed E-state index contributed by atoms with van der Waals surface area (Å²) in [6, 6.07) is -0.226. The predicted molar refractivity (Wildman–Crippen MR) is 106 cm³/mol. The Labute approximate surface area is 215 Å². The first-order valence-electron chi connectivity index (χ1n) is 9.21. The van der Waals surface area contributed by atoms with Crippen molar-refractivity contribution in [2.24, 2.45) is 0 Å². The Morgan fingerprint density at radius 1 is 1.28 bits per heavy atom. The maximum atomic E-state index is 12.0. The quantitative estimate of drug-likeness (QED) is 0.337. The standard InChI is InChI=1S/C15H21F2NO3.C3H8O2.C2H6.K/c1-3-5-11(4-2)9-21-15(19)18-12-6-7-13(8-12)20-10-14(16)17;1-3(2,4)5;1-2;/h3-5,12-14H,1-2,6-10H2,(H,18,19);4-5H,1-2H3;1-2H3;/q;;;+1/p-1/b11-5+;;;. The van der Waals surface area contributed by atoms with Crippen molar-refractivity contribution in [2.75, 3.05) is 13.2 Å². The van der Waals surface area contributed by atoms with E-state index in [9.17, 15) is 13.6 Å². The second-order valence-electron chi connectivity index (χ2n) is 6.17. The summed E-state index contributed by atoms with van der Waals surface area (Å²) in [6.45, 7) is 13.2. The molecule has 6 nitrogen and oxygen atoms in total. The molecule has 2 unspecified atom stereocenters. The molecule has 2 N–H and O–H groups in total. The number of nitrogens with zero attached hydrogens (tertiary/aromatic N) is 1. The number of ether oxygens (including phenoxy) is 2. The van der Waals surface area contributed by atoms with Gasteiger partial charge in [0.05, 0.1) is 6.10 Å². The Kier molecular flexibility index (Phi) is 22.9. The summed E-state index contributed by atoms with van der Waals surface area (Å²) in [6.07, 6.45) is 3.17.